The summed E-state index contributed by atoms with van der Waals surface area (Å²) in [6, 6.07) is 2.27. The number of morpholine rings is 1. The van der Waals surface area contributed by atoms with Gasteiger partial charge in [-0.1, -0.05) is 11.6 Å². The number of carbonyl (C=O) groups excluding carboxylic acids is 1. The molecule has 0 aromatic carbocycles. The molecule has 2 aliphatic heterocycles. The van der Waals surface area contributed by atoms with Crippen molar-refractivity contribution >= 4 is 17.5 Å². The van der Waals surface area contributed by atoms with Gasteiger partial charge in [0.2, 0.25) is 0 Å². The van der Waals surface area contributed by atoms with Crippen molar-refractivity contribution in [2.24, 2.45) is 0 Å². The second-order valence-corrected chi connectivity index (χ2v) is 6.37. The van der Waals surface area contributed by atoms with Crippen LogP contribution in [0.4, 0.5) is 0 Å². The summed E-state index contributed by atoms with van der Waals surface area (Å²) in [4.78, 5) is 19.7. The Bertz CT molecular complexity index is 497. The number of rotatable bonds is 2. The van der Waals surface area contributed by atoms with E-state index < -0.39 is 0 Å². The van der Waals surface area contributed by atoms with Gasteiger partial charge in [-0.05, 0) is 25.8 Å². The van der Waals surface area contributed by atoms with Gasteiger partial charge in [0.1, 0.15) is 5.69 Å². The van der Waals surface area contributed by atoms with Crippen LogP contribution in [0.2, 0.25) is 5.02 Å². The van der Waals surface area contributed by atoms with Gasteiger partial charge in [-0.25, -0.2) is 0 Å². The van der Waals surface area contributed by atoms with Crippen LogP contribution in [0.3, 0.4) is 0 Å². The highest BCUT2D eigenvalue weighted by molar-refractivity contribution is 6.30. The highest BCUT2D eigenvalue weighted by Crippen LogP contribution is 2.21. The minimum atomic E-state index is 0.0516. The number of aromatic nitrogens is 1. The van der Waals surface area contributed by atoms with Gasteiger partial charge in [0.25, 0.3) is 5.91 Å². The van der Waals surface area contributed by atoms with E-state index in [0.29, 0.717) is 22.9 Å². The number of ether oxygens (including phenoxy) is 1. The van der Waals surface area contributed by atoms with Crippen molar-refractivity contribution in [3.8, 4) is 0 Å². The van der Waals surface area contributed by atoms with Gasteiger partial charge in [-0.3, -0.25) is 9.69 Å². The maximum Gasteiger partial charge on any atom is 0.270 e. The van der Waals surface area contributed by atoms with Gasteiger partial charge in [0.15, 0.2) is 0 Å². The van der Waals surface area contributed by atoms with Gasteiger partial charge in [0.05, 0.1) is 17.7 Å². The van der Waals surface area contributed by atoms with E-state index in [-0.39, 0.29) is 5.91 Å². The quantitative estimate of drug-likeness (QED) is 0.909. The summed E-state index contributed by atoms with van der Waals surface area (Å²) in [7, 11) is 0. The van der Waals surface area contributed by atoms with E-state index in [2.05, 4.69) is 16.8 Å². The smallest absolute Gasteiger partial charge is 0.270 e. The average molecular weight is 312 g/mol. The van der Waals surface area contributed by atoms with Crippen molar-refractivity contribution in [2.75, 3.05) is 32.8 Å². The largest absolute Gasteiger partial charge is 0.376 e. The molecule has 1 aromatic heterocycles. The fourth-order valence-corrected chi connectivity index (χ4v) is 3.44. The van der Waals surface area contributed by atoms with Crippen LogP contribution in [0.15, 0.2) is 12.3 Å². The van der Waals surface area contributed by atoms with Crippen molar-refractivity contribution in [3.05, 3.63) is 23.0 Å². The standard InChI is InChI=1S/C15H22ClN3O2/c1-11-10-19(6-7-21-11)13-2-4-18(5-3-13)15(20)14-8-12(16)9-17-14/h8-9,11,13,17H,2-7,10H2,1H3. The molecule has 3 heterocycles. The average Bonchev–Trinajstić information content (AvgIpc) is 2.93. The summed E-state index contributed by atoms with van der Waals surface area (Å²) in [5, 5.41) is 0.579. The number of carbonyl (C=O) groups is 1. The highest BCUT2D eigenvalue weighted by Gasteiger charge is 2.30. The topological polar surface area (TPSA) is 48.6 Å². The van der Waals surface area contributed by atoms with E-state index in [4.69, 9.17) is 16.3 Å². The molecule has 2 fully saturated rings. The van der Waals surface area contributed by atoms with E-state index >= 15 is 0 Å². The summed E-state index contributed by atoms with van der Waals surface area (Å²) in [5.41, 5.74) is 0.582. The lowest BCUT2D eigenvalue weighted by molar-refractivity contribution is -0.0423. The number of amides is 1. The molecule has 2 saturated heterocycles. The Morgan fingerprint density at radius 1 is 1.38 bits per heavy atom. The number of aromatic amines is 1. The number of halogens is 1. The summed E-state index contributed by atoms with van der Waals surface area (Å²) in [6.45, 7) is 6.58. The molecule has 0 aliphatic carbocycles. The molecular formula is C15H22ClN3O2. The zero-order valence-electron chi connectivity index (χ0n) is 12.3. The Labute approximate surface area is 130 Å². The molecule has 1 N–H and O–H groups in total. The predicted molar refractivity (Wildman–Crippen MR) is 81.7 cm³/mol. The van der Waals surface area contributed by atoms with E-state index in [0.717, 1.165) is 45.6 Å². The SMILES string of the molecule is CC1CN(C2CCN(C(=O)c3cc(Cl)c[nH]3)CC2)CCO1. The maximum atomic E-state index is 12.4. The molecule has 2 aliphatic rings. The third kappa shape index (κ3) is 3.42. The Balaban J connectivity index is 1.54. The molecular weight excluding hydrogens is 290 g/mol. The molecule has 6 heteroatoms. The Hall–Kier alpha value is -1.04. The zero-order chi connectivity index (χ0) is 14.8. The lowest BCUT2D eigenvalue weighted by Gasteiger charge is -2.41. The molecule has 1 amide bonds. The van der Waals surface area contributed by atoms with Crippen LogP contribution in [0.5, 0.6) is 0 Å². The summed E-state index contributed by atoms with van der Waals surface area (Å²) >= 11 is 5.86. The number of piperidine rings is 1. The van der Waals surface area contributed by atoms with Crippen LogP contribution >= 0.6 is 11.6 Å². The van der Waals surface area contributed by atoms with Crippen LogP contribution in [-0.4, -0.2) is 65.6 Å². The van der Waals surface area contributed by atoms with Crippen molar-refractivity contribution < 1.29 is 9.53 Å². The van der Waals surface area contributed by atoms with Gasteiger partial charge < -0.3 is 14.6 Å². The van der Waals surface area contributed by atoms with E-state index in [1.165, 1.54) is 0 Å². The van der Waals surface area contributed by atoms with E-state index in [9.17, 15) is 4.79 Å². The summed E-state index contributed by atoms with van der Waals surface area (Å²) in [6.07, 6.45) is 4.04. The molecule has 0 saturated carbocycles. The third-order valence-corrected chi connectivity index (χ3v) is 4.64. The number of likely N-dealkylation sites (tertiary alicyclic amines) is 1. The number of H-pyrrole nitrogens is 1. The molecule has 5 nitrogen and oxygen atoms in total. The van der Waals surface area contributed by atoms with E-state index in [1.54, 1.807) is 12.3 Å². The monoisotopic (exact) mass is 311 g/mol. The molecule has 1 unspecified atom stereocenters. The van der Waals surface area contributed by atoms with E-state index in [1.807, 2.05) is 4.90 Å². The van der Waals surface area contributed by atoms with Crippen molar-refractivity contribution in [3.63, 3.8) is 0 Å². The molecule has 0 bridgehead atoms. The summed E-state index contributed by atoms with van der Waals surface area (Å²) in [5.74, 6) is 0.0516. The second kappa shape index (κ2) is 6.38. The Morgan fingerprint density at radius 2 is 2.14 bits per heavy atom. The first-order chi connectivity index (χ1) is 10.1. The van der Waals surface area contributed by atoms with Crippen LogP contribution in [0.25, 0.3) is 0 Å². The van der Waals surface area contributed by atoms with Crippen LogP contribution in [-0.2, 0) is 4.74 Å². The normalized spacial score (nSPS) is 25.2. The van der Waals surface area contributed by atoms with Gasteiger partial charge in [0, 0.05) is 38.4 Å². The second-order valence-electron chi connectivity index (χ2n) is 5.93. The first-order valence-corrected chi connectivity index (χ1v) is 8.00. The number of nitrogens with zero attached hydrogens (tertiary/aromatic N) is 2. The van der Waals surface area contributed by atoms with Crippen molar-refractivity contribution in [1.82, 2.24) is 14.8 Å². The minimum Gasteiger partial charge on any atom is -0.376 e. The lowest BCUT2D eigenvalue weighted by atomic mass is 10.0. The molecule has 1 aromatic rings. The Kier molecular flexibility index (Phi) is 4.52. The zero-order valence-corrected chi connectivity index (χ0v) is 13.1. The minimum absolute atomic E-state index is 0.0516. The first-order valence-electron chi connectivity index (χ1n) is 7.62. The molecule has 21 heavy (non-hydrogen) atoms. The predicted octanol–water partition coefficient (Wildman–Crippen LogP) is 1.99. The fourth-order valence-electron chi connectivity index (χ4n) is 3.27. The van der Waals surface area contributed by atoms with Crippen LogP contribution in [0, 0.1) is 0 Å². The lowest BCUT2D eigenvalue weighted by Crippen LogP contribution is -2.51. The molecule has 0 radical (unpaired) electrons. The fraction of sp³-hybridized carbons (Fsp3) is 0.667. The van der Waals surface area contributed by atoms with Gasteiger partial charge in [-0.15, -0.1) is 0 Å². The number of hydrogen-bond acceptors (Lipinski definition) is 3. The number of hydrogen-bond donors (Lipinski definition) is 1. The first kappa shape index (κ1) is 14.9. The molecule has 0 spiro atoms. The molecule has 3 rings (SSSR count). The van der Waals surface area contributed by atoms with Gasteiger partial charge >= 0.3 is 0 Å². The van der Waals surface area contributed by atoms with Crippen LogP contribution < -0.4 is 0 Å². The third-order valence-electron chi connectivity index (χ3n) is 4.42. The van der Waals surface area contributed by atoms with Crippen LogP contribution in [0.1, 0.15) is 30.3 Å². The Morgan fingerprint density at radius 3 is 2.76 bits per heavy atom. The number of nitrogens with one attached hydrogen (secondary N) is 1. The summed E-state index contributed by atoms with van der Waals surface area (Å²) < 4.78 is 5.60. The maximum absolute atomic E-state index is 12.4. The van der Waals surface area contributed by atoms with Gasteiger partial charge in [-0.2, -0.15) is 0 Å². The molecule has 1 atom stereocenters. The van der Waals surface area contributed by atoms with Crippen molar-refractivity contribution in [1.29, 1.82) is 0 Å². The highest BCUT2D eigenvalue weighted by atomic mass is 35.5. The van der Waals surface area contributed by atoms with Crippen molar-refractivity contribution in [2.45, 2.75) is 31.9 Å². The molecule has 116 valence electrons.